The van der Waals surface area contributed by atoms with Crippen molar-refractivity contribution in [2.75, 3.05) is 13.2 Å². The normalized spacial score (nSPS) is 48.8. The van der Waals surface area contributed by atoms with Crippen molar-refractivity contribution in [3.8, 4) is 0 Å². The van der Waals surface area contributed by atoms with Gasteiger partial charge in [0.05, 0.1) is 12.1 Å². The number of nitrogens with two attached hydrogens (primary N) is 1. The van der Waals surface area contributed by atoms with Crippen molar-refractivity contribution in [3.63, 3.8) is 0 Å². The van der Waals surface area contributed by atoms with Crippen molar-refractivity contribution in [2.45, 2.75) is 83.3 Å². The monoisotopic (exact) mass is 430 g/mol. The number of aliphatic hydroxyl groups is 1. The molecular weight excluding hydrogens is 392 g/mol. The summed E-state index contributed by atoms with van der Waals surface area (Å²) in [5.41, 5.74) is 5.99. The third-order valence-corrected chi connectivity index (χ3v) is 10.5. The van der Waals surface area contributed by atoms with Gasteiger partial charge in [0.2, 0.25) is 5.91 Å². The topological polar surface area (TPSA) is 102 Å². The van der Waals surface area contributed by atoms with Crippen LogP contribution in [0.15, 0.2) is 11.6 Å². The standard InChI is InChI=1S/C25H38N2O4/c1-23-8-5-17(27-21(28)13-26)12-16(23)3-4-20-19(23)6-9-24(2)18(7-10-25(20,24)30)15-11-22(29)31-14-15/h11,16-20,30H,3-10,12-14,26H2,1-2H3,(H,27,28)/t16-,17+,18-,19+,20-,23+,24-,25+/m1/s1. The largest absolute Gasteiger partial charge is 0.458 e. The number of nitrogens with one attached hydrogen (secondary N) is 1. The van der Waals surface area contributed by atoms with Gasteiger partial charge in [0.25, 0.3) is 0 Å². The molecule has 0 aromatic carbocycles. The smallest absolute Gasteiger partial charge is 0.331 e. The summed E-state index contributed by atoms with van der Waals surface area (Å²) >= 11 is 0. The van der Waals surface area contributed by atoms with Crippen molar-refractivity contribution in [1.29, 1.82) is 0 Å². The molecule has 4 saturated carbocycles. The van der Waals surface area contributed by atoms with E-state index in [1.807, 2.05) is 0 Å². The predicted octanol–water partition coefficient (Wildman–Crippen LogP) is 2.69. The molecule has 1 amide bonds. The highest BCUT2D eigenvalue weighted by atomic mass is 16.5. The molecule has 5 rings (SSSR count). The molecule has 5 aliphatic rings. The van der Waals surface area contributed by atoms with Crippen LogP contribution >= 0.6 is 0 Å². The SMILES string of the molecule is C[C@]12CC[C@H](NC(=O)CN)C[C@H]1CC[C@@H]1[C@@H]2CC[C@]2(C)[C@@H](C3=CC(=O)OC3)CC[C@]12O. The lowest BCUT2D eigenvalue weighted by Crippen LogP contribution is -2.62. The number of ether oxygens (including phenoxy) is 1. The number of amides is 1. The molecule has 4 aliphatic carbocycles. The summed E-state index contributed by atoms with van der Waals surface area (Å²) in [5, 5.41) is 15.4. The molecule has 0 aromatic rings. The Morgan fingerprint density at radius 3 is 2.68 bits per heavy atom. The van der Waals surface area contributed by atoms with E-state index in [1.54, 1.807) is 6.08 Å². The Morgan fingerprint density at radius 2 is 1.97 bits per heavy atom. The van der Waals surface area contributed by atoms with Gasteiger partial charge >= 0.3 is 5.97 Å². The third-order valence-electron chi connectivity index (χ3n) is 10.5. The Balaban J connectivity index is 1.37. The van der Waals surface area contributed by atoms with Gasteiger partial charge in [-0.3, -0.25) is 4.79 Å². The molecule has 6 heteroatoms. The average Bonchev–Trinajstić information content (AvgIpc) is 3.28. The second kappa shape index (κ2) is 7.31. The van der Waals surface area contributed by atoms with Crippen LogP contribution in [0.1, 0.15) is 71.6 Å². The van der Waals surface area contributed by atoms with E-state index in [-0.39, 0.29) is 41.2 Å². The third kappa shape index (κ3) is 3.04. The summed E-state index contributed by atoms with van der Waals surface area (Å²) in [6, 6.07) is 0.241. The number of hydrogen-bond acceptors (Lipinski definition) is 5. The van der Waals surface area contributed by atoms with Crippen LogP contribution in [0, 0.1) is 34.5 Å². The number of cyclic esters (lactones) is 1. The maximum atomic E-state index is 12.2. The lowest BCUT2D eigenvalue weighted by Gasteiger charge is -2.64. The van der Waals surface area contributed by atoms with Gasteiger partial charge in [-0.25, -0.2) is 4.79 Å². The number of rotatable bonds is 3. The lowest BCUT2D eigenvalue weighted by molar-refractivity contribution is -0.205. The molecule has 0 bridgehead atoms. The van der Waals surface area contributed by atoms with E-state index < -0.39 is 5.60 Å². The quantitative estimate of drug-likeness (QED) is 0.598. The average molecular weight is 431 g/mol. The zero-order valence-electron chi connectivity index (χ0n) is 19.0. The summed E-state index contributed by atoms with van der Waals surface area (Å²) in [6.07, 6.45) is 11.0. The van der Waals surface area contributed by atoms with E-state index in [4.69, 9.17) is 10.5 Å². The van der Waals surface area contributed by atoms with Crippen LogP contribution < -0.4 is 11.1 Å². The summed E-state index contributed by atoms with van der Waals surface area (Å²) in [5.74, 6) is 1.42. The number of carbonyl (C=O) groups excluding carboxylic acids is 2. The number of carbonyl (C=O) groups is 2. The Labute approximate surface area is 185 Å². The van der Waals surface area contributed by atoms with Crippen molar-refractivity contribution in [1.82, 2.24) is 5.32 Å². The first-order valence-electron chi connectivity index (χ1n) is 12.3. The van der Waals surface area contributed by atoms with Gasteiger partial charge in [-0.05, 0) is 92.4 Å². The molecule has 1 heterocycles. The highest BCUT2D eigenvalue weighted by Crippen LogP contribution is 2.69. The second-order valence-electron chi connectivity index (χ2n) is 11.5. The molecule has 0 radical (unpaired) electrons. The summed E-state index contributed by atoms with van der Waals surface area (Å²) < 4.78 is 5.22. The molecule has 0 spiro atoms. The fraction of sp³-hybridized carbons (Fsp3) is 0.840. The zero-order valence-corrected chi connectivity index (χ0v) is 19.0. The van der Waals surface area contributed by atoms with Gasteiger partial charge in [-0.2, -0.15) is 0 Å². The van der Waals surface area contributed by atoms with Crippen LogP contribution in [0.25, 0.3) is 0 Å². The number of esters is 1. The van der Waals surface area contributed by atoms with Gasteiger partial charge in [-0.15, -0.1) is 0 Å². The summed E-state index contributed by atoms with van der Waals surface area (Å²) in [4.78, 5) is 23.5. The fourth-order valence-electron chi connectivity index (χ4n) is 8.83. The highest BCUT2D eigenvalue weighted by molar-refractivity contribution is 5.85. The molecular formula is C25H38N2O4. The fourth-order valence-corrected chi connectivity index (χ4v) is 8.83. The second-order valence-corrected chi connectivity index (χ2v) is 11.5. The number of fused-ring (bicyclic) bond motifs is 5. The van der Waals surface area contributed by atoms with E-state index >= 15 is 0 Å². The van der Waals surface area contributed by atoms with E-state index in [9.17, 15) is 14.7 Å². The van der Waals surface area contributed by atoms with Gasteiger partial charge in [0.1, 0.15) is 6.61 Å². The number of hydrogen-bond donors (Lipinski definition) is 3. The van der Waals surface area contributed by atoms with Crippen LogP contribution in [-0.4, -0.2) is 41.8 Å². The van der Waals surface area contributed by atoms with Crippen LogP contribution in [-0.2, 0) is 14.3 Å². The molecule has 8 atom stereocenters. The van der Waals surface area contributed by atoms with Crippen LogP contribution in [0.5, 0.6) is 0 Å². The van der Waals surface area contributed by atoms with Crippen molar-refractivity contribution >= 4 is 11.9 Å². The van der Waals surface area contributed by atoms with E-state index in [1.165, 1.54) is 0 Å². The van der Waals surface area contributed by atoms with Gasteiger partial charge in [0.15, 0.2) is 0 Å². The van der Waals surface area contributed by atoms with E-state index in [2.05, 4.69) is 19.2 Å². The Kier molecular flexibility index (Phi) is 5.06. The minimum Gasteiger partial charge on any atom is -0.458 e. The van der Waals surface area contributed by atoms with Gasteiger partial charge in [0, 0.05) is 17.5 Å². The minimum atomic E-state index is -0.661. The Hall–Kier alpha value is -1.40. The molecule has 172 valence electrons. The molecule has 0 aromatic heterocycles. The maximum Gasteiger partial charge on any atom is 0.331 e. The first-order chi connectivity index (χ1) is 14.7. The zero-order chi connectivity index (χ0) is 22.0. The molecule has 0 saturated heterocycles. The van der Waals surface area contributed by atoms with E-state index in [0.717, 1.165) is 63.4 Å². The highest BCUT2D eigenvalue weighted by Gasteiger charge is 2.67. The van der Waals surface area contributed by atoms with Crippen molar-refractivity contribution < 1.29 is 19.4 Å². The lowest BCUT2D eigenvalue weighted by atomic mass is 9.43. The van der Waals surface area contributed by atoms with E-state index in [0.29, 0.717) is 24.4 Å². The van der Waals surface area contributed by atoms with Gasteiger partial charge < -0.3 is 20.9 Å². The first-order valence-corrected chi connectivity index (χ1v) is 12.3. The Morgan fingerprint density at radius 1 is 1.16 bits per heavy atom. The Bertz CT molecular complexity index is 811. The van der Waals surface area contributed by atoms with Crippen molar-refractivity contribution in [2.24, 2.45) is 40.2 Å². The molecule has 1 aliphatic heterocycles. The minimum absolute atomic E-state index is 0.0503. The van der Waals surface area contributed by atoms with Crippen LogP contribution in [0.4, 0.5) is 0 Å². The molecule has 0 unspecified atom stereocenters. The molecule has 4 fully saturated rings. The molecule has 31 heavy (non-hydrogen) atoms. The summed E-state index contributed by atoms with van der Waals surface area (Å²) in [7, 11) is 0. The summed E-state index contributed by atoms with van der Waals surface area (Å²) in [6.45, 7) is 5.19. The maximum absolute atomic E-state index is 12.2. The first kappa shape index (κ1) is 21.4. The van der Waals surface area contributed by atoms with Gasteiger partial charge in [-0.1, -0.05) is 13.8 Å². The van der Waals surface area contributed by atoms with Crippen molar-refractivity contribution in [3.05, 3.63) is 11.6 Å². The van der Waals surface area contributed by atoms with Crippen LogP contribution in [0.3, 0.4) is 0 Å². The molecule has 4 N–H and O–H groups in total. The van der Waals surface area contributed by atoms with Crippen LogP contribution in [0.2, 0.25) is 0 Å². The molecule has 6 nitrogen and oxygen atoms in total. The predicted molar refractivity (Wildman–Crippen MR) is 117 cm³/mol.